The number of hydrogen-bond acceptors (Lipinski definition) is 6. The molecule has 0 saturated heterocycles. The third-order valence-corrected chi connectivity index (χ3v) is 4.89. The molecule has 0 saturated carbocycles. The zero-order valence-corrected chi connectivity index (χ0v) is 15.4. The highest BCUT2D eigenvalue weighted by Gasteiger charge is 2.42. The van der Waals surface area contributed by atoms with Crippen molar-refractivity contribution in [1.82, 2.24) is 15.1 Å². The Balaban J connectivity index is 1.72. The van der Waals surface area contributed by atoms with Crippen LogP contribution in [0.4, 0.5) is 8.78 Å². The number of amides is 1. The summed E-state index contributed by atoms with van der Waals surface area (Å²) in [5, 5.41) is 15.9. The van der Waals surface area contributed by atoms with Crippen LogP contribution in [0.2, 0.25) is 0 Å². The Bertz CT molecular complexity index is 1140. The second-order valence-electron chi connectivity index (χ2n) is 6.60. The number of ether oxygens (including phenoxy) is 1. The molecule has 0 N–H and O–H groups in total. The monoisotopic (exact) mass is 396 g/mol. The third kappa shape index (κ3) is 2.99. The van der Waals surface area contributed by atoms with Gasteiger partial charge in [-0.25, -0.2) is 0 Å². The topological polar surface area (TPSA) is 92.2 Å². The molecule has 3 aromatic rings. The van der Waals surface area contributed by atoms with Crippen molar-refractivity contribution in [3.8, 4) is 23.3 Å². The number of nitrogens with zero attached hydrogens (tertiary/aromatic N) is 4. The smallest absolute Gasteiger partial charge is 0.314 e. The van der Waals surface area contributed by atoms with Crippen molar-refractivity contribution < 1.29 is 22.7 Å². The zero-order valence-electron chi connectivity index (χ0n) is 15.4. The summed E-state index contributed by atoms with van der Waals surface area (Å²) in [6, 6.07) is 13.4. The average molecular weight is 396 g/mol. The summed E-state index contributed by atoms with van der Waals surface area (Å²) in [4.78, 5) is 14.5. The van der Waals surface area contributed by atoms with E-state index in [9.17, 15) is 13.6 Å². The van der Waals surface area contributed by atoms with Gasteiger partial charge in [-0.1, -0.05) is 12.1 Å². The Kier molecular flexibility index (Phi) is 4.27. The van der Waals surface area contributed by atoms with Crippen LogP contribution in [0.1, 0.15) is 40.7 Å². The van der Waals surface area contributed by atoms with Crippen LogP contribution in [-0.4, -0.2) is 28.1 Å². The highest BCUT2D eigenvalue weighted by Crippen LogP contribution is 2.40. The summed E-state index contributed by atoms with van der Waals surface area (Å²) >= 11 is 0. The second kappa shape index (κ2) is 6.67. The minimum absolute atomic E-state index is 0.112. The molecule has 7 nitrogen and oxygen atoms in total. The minimum Gasteiger partial charge on any atom is -0.463 e. The number of rotatable bonds is 3. The molecule has 29 heavy (non-hydrogen) atoms. The van der Waals surface area contributed by atoms with E-state index in [0.717, 1.165) is 0 Å². The Morgan fingerprint density at radius 2 is 1.90 bits per heavy atom. The van der Waals surface area contributed by atoms with Crippen LogP contribution >= 0.6 is 0 Å². The summed E-state index contributed by atoms with van der Waals surface area (Å²) in [5.74, 6) is -0.893. The molecule has 0 unspecified atom stereocenters. The van der Waals surface area contributed by atoms with E-state index in [0.29, 0.717) is 22.4 Å². The molecule has 1 atom stereocenters. The van der Waals surface area contributed by atoms with Gasteiger partial charge < -0.3 is 9.15 Å². The van der Waals surface area contributed by atoms with Crippen LogP contribution in [0, 0.1) is 11.3 Å². The number of aromatic nitrogens is 2. The van der Waals surface area contributed by atoms with Crippen molar-refractivity contribution in [2.75, 3.05) is 7.05 Å². The molecule has 9 heteroatoms. The van der Waals surface area contributed by atoms with Crippen LogP contribution in [-0.2, 0) is 5.72 Å². The van der Waals surface area contributed by atoms with Gasteiger partial charge in [-0.2, -0.15) is 14.0 Å². The van der Waals surface area contributed by atoms with Gasteiger partial charge in [0.15, 0.2) is 0 Å². The van der Waals surface area contributed by atoms with Crippen molar-refractivity contribution in [2.24, 2.45) is 0 Å². The highest BCUT2D eigenvalue weighted by atomic mass is 19.3. The molecule has 2 heterocycles. The average Bonchev–Trinajstić information content (AvgIpc) is 3.23. The van der Waals surface area contributed by atoms with Gasteiger partial charge in [-0.3, -0.25) is 9.69 Å². The minimum atomic E-state index is -2.88. The van der Waals surface area contributed by atoms with E-state index in [1.807, 2.05) is 6.07 Å². The molecule has 0 spiro atoms. The number of nitriles is 1. The summed E-state index contributed by atoms with van der Waals surface area (Å²) < 4.78 is 36.4. The van der Waals surface area contributed by atoms with Gasteiger partial charge >= 0.3 is 6.43 Å². The van der Waals surface area contributed by atoms with E-state index >= 15 is 0 Å². The number of alkyl halides is 2. The van der Waals surface area contributed by atoms with E-state index < -0.39 is 18.0 Å². The Labute approximate surface area is 164 Å². The molecule has 0 bridgehead atoms. The number of benzene rings is 2. The lowest BCUT2D eigenvalue weighted by Crippen LogP contribution is -2.52. The third-order valence-electron chi connectivity index (χ3n) is 4.89. The molecule has 1 aromatic heterocycles. The maximum Gasteiger partial charge on any atom is 0.314 e. The number of fused-ring (bicyclic) bond motifs is 1. The maximum atomic E-state index is 13.0. The Hall–Kier alpha value is -3.80. The molecule has 1 amide bonds. The number of halogens is 2. The molecular weight excluding hydrogens is 382 g/mol. The normalized spacial score (nSPS) is 18.3. The van der Waals surface area contributed by atoms with E-state index in [4.69, 9.17) is 14.4 Å². The predicted molar refractivity (Wildman–Crippen MR) is 95.9 cm³/mol. The first-order valence-electron chi connectivity index (χ1n) is 8.57. The van der Waals surface area contributed by atoms with Crippen LogP contribution in [0.25, 0.3) is 11.5 Å². The Morgan fingerprint density at radius 1 is 1.17 bits per heavy atom. The van der Waals surface area contributed by atoms with Crippen molar-refractivity contribution in [1.29, 1.82) is 5.26 Å². The largest absolute Gasteiger partial charge is 0.463 e. The molecule has 0 fully saturated rings. The van der Waals surface area contributed by atoms with E-state index in [2.05, 4.69) is 10.2 Å². The van der Waals surface area contributed by atoms with Gasteiger partial charge in [0, 0.05) is 18.2 Å². The fraction of sp³-hybridized carbons (Fsp3) is 0.200. The summed E-state index contributed by atoms with van der Waals surface area (Å²) in [7, 11) is 1.59. The van der Waals surface area contributed by atoms with Gasteiger partial charge in [-0.05, 0) is 37.3 Å². The predicted octanol–water partition coefficient (Wildman–Crippen LogP) is 3.88. The van der Waals surface area contributed by atoms with Gasteiger partial charge in [0.2, 0.25) is 11.6 Å². The van der Waals surface area contributed by atoms with Crippen molar-refractivity contribution in [2.45, 2.75) is 19.1 Å². The quantitative estimate of drug-likeness (QED) is 0.667. The number of hydrogen-bond donors (Lipinski definition) is 0. The van der Waals surface area contributed by atoms with E-state index in [1.54, 1.807) is 50.4 Å². The summed E-state index contributed by atoms with van der Waals surface area (Å²) in [6.07, 6.45) is -2.88. The van der Waals surface area contributed by atoms with Crippen LogP contribution in [0.15, 0.2) is 46.9 Å². The summed E-state index contributed by atoms with van der Waals surface area (Å²) in [5.41, 5.74) is 0.672. The van der Waals surface area contributed by atoms with E-state index in [1.165, 1.54) is 11.0 Å². The zero-order chi connectivity index (χ0) is 20.8. The number of carbonyl (C=O) groups excluding carboxylic acids is 1. The maximum absolute atomic E-state index is 13.0. The van der Waals surface area contributed by atoms with Crippen LogP contribution in [0.5, 0.6) is 5.75 Å². The van der Waals surface area contributed by atoms with Gasteiger partial charge in [0.1, 0.15) is 5.75 Å². The first-order chi connectivity index (χ1) is 13.8. The number of carbonyl (C=O) groups is 1. The van der Waals surface area contributed by atoms with Gasteiger partial charge in [0.25, 0.3) is 11.8 Å². The molecule has 1 aliphatic rings. The molecule has 0 aliphatic carbocycles. The second-order valence-corrected chi connectivity index (χ2v) is 6.60. The van der Waals surface area contributed by atoms with Crippen molar-refractivity contribution in [3.05, 3.63) is 65.0 Å². The SMILES string of the molecule is CN1C(=O)c2cc(-c3nnc(C(F)F)o3)ccc2O[C@]1(C)c1ccc(C#N)cc1. The van der Waals surface area contributed by atoms with Crippen LogP contribution < -0.4 is 4.74 Å². The summed E-state index contributed by atoms with van der Waals surface area (Å²) in [6.45, 7) is 1.75. The molecular formula is C20H14F2N4O3. The molecule has 2 aromatic carbocycles. The van der Waals surface area contributed by atoms with Crippen molar-refractivity contribution in [3.63, 3.8) is 0 Å². The van der Waals surface area contributed by atoms with E-state index in [-0.39, 0.29) is 17.4 Å². The first kappa shape index (κ1) is 18.6. The van der Waals surface area contributed by atoms with Crippen molar-refractivity contribution >= 4 is 5.91 Å². The lowest BCUT2D eigenvalue weighted by Gasteiger charge is -2.43. The fourth-order valence-corrected chi connectivity index (χ4v) is 3.12. The lowest BCUT2D eigenvalue weighted by atomic mass is 9.97. The molecule has 0 radical (unpaired) electrons. The van der Waals surface area contributed by atoms with Gasteiger partial charge in [-0.15, -0.1) is 10.2 Å². The van der Waals surface area contributed by atoms with Crippen LogP contribution in [0.3, 0.4) is 0 Å². The standard InChI is InChI=1S/C20H14F2N4O3/c1-20(13-6-3-11(10-23)4-7-13)26(2)19(27)14-9-12(5-8-15(14)29-20)17-24-25-18(28-17)16(21)22/h3-9,16H,1-2H3/t20-/m1/s1. The lowest BCUT2D eigenvalue weighted by molar-refractivity contribution is -0.0556. The molecule has 4 rings (SSSR count). The molecule has 146 valence electrons. The first-order valence-corrected chi connectivity index (χ1v) is 8.57. The highest BCUT2D eigenvalue weighted by molar-refractivity contribution is 5.99. The Morgan fingerprint density at radius 3 is 2.52 bits per heavy atom. The van der Waals surface area contributed by atoms with Gasteiger partial charge in [0.05, 0.1) is 17.2 Å². The fourth-order valence-electron chi connectivity index (χ4n) is 3.12. The molecule has 1 aliphatic heterocycles.